The molecule has 0 unspecified atom stereocenters. The first-order valence-corrected chi connectivity index (χ1v) is 8.50. The van der Waals surface area contributed by atoms with E-state index in [1.54, 1.807) is 11.0 Å². The van der Waals surface area contributed by atoms with Crippen molar-refractivity contribution >= 4 is 40.5 Å². The minimum absolute atomic E-state index is 0.0680. The number of benzene rings is 2. The molecule has 6 heteroatoms. The standard InChI is InChI=1S/C18H19Cl2N3O/c1-22-11-14(9-18(22)24)23(10-12-4-2-3-5-15(12)19)13-6-7-17(21)16(20)8-13/h2-8,14H,9-11,21H2,1H3/t14-/m0/s1. The highest BCUT2D eigenvalue weighted by Crippen LogP contribution is 2.31. The van der Waals surface area contributed by atoms with Gasteiger partial charge >= 0.3 is 0 Å². The third-order valence-corrected chi connectivity index (χ3v) is 5.07. The van der Waals surface area contributed by atoms with Crippen LogP contribution in [0.1, 0.15) is 12.0 Å². The number of rotatable bonds is 4. The molecule has 1 atom stereocenters. The van der Waals surface area contributed by atoms with Gasteiger partial charge in [-0.3, -0.25) is 4.79 Å². The van der Waals surface area contributed by atoms with Gasteiger partial charge in [0.05, 0.1) is 16.8 Å². The zero-order chi connectivity index (χ0) is 17.3. The van der Waals surface area contributed by atoms with Gasteiger partial charge in [0.15, 0.2) is 0 Å². The zero-order valence-electron chi connectivity index (χ0n) is 13.4. The van der Waals surface area contributed by atoms with Crippen molar-refractivity contribution in [1.82, 2.24) is 4.90 Å². The maximum Gasteiger partial charge on any atom is 0.224 e. The molecule has 0 spiro atoms. The number of anilines is 2. The molecule has 0 aromatic heterocycles. The fourth-order valence-electron chi connectivity index (χ4n) is 2.98. The van der Waals surface area contributed by atoms with E-state index in [0.29, 0.717) is 35.2 Å². The molecule has 1 fully saturated rings. The summed E-state index contributed by atoms with van der Waals surface area (Å²) in [6.07, 6.45) is 0.475. The first-order valence-electron chi connectivity index (χ1n) is 7.74. The largest absolute Gasteiger partial charge is 0.398 e. The summed E-state index contributed by atoms with van der Waals surface area (Å²) in [5.41, 5.74) is 8.31. The van der Waals surface area contributed by atoms with Crippen LogP contribution in [0.5, 0.6) is 0 Å². The lowest BCUT2D eigenvalue weighted by atomic mass is 10.1. The minimum Gasteiger partial charge on any atom is -0.398 e. The molecule has 1 amide bonds. The van der Waals surface area contributed by atoms with Crippen LogP contribution in [0.25, 0.3) is 0 Å². The topological polar surface area (TPSA) is 49.6 Å². The highest BCUT2D eigenvalue weighted by Gasteiger charge is 2.32. The van der Waals surface area contributed by atoms with Gasteiger partial charge in [-0.1, -0.05) is 41.4 Å². The smallest absolute Gasteiger partial charge is 0.224 e. The molecule has 126 valence electrons. The molecule has 2 N–H and O–H groups in total. The Morgan fingerprint density at radius 1 is 1.21 bits per heavy atom. The molecule has 2 aromatic rings. The van der Waals surface area contributed by atoms with E-state index in [2.05, 4.69) is 4.90 Å². The van der Waals surface area contributed by atoms with E-state index in [9.17, 15) is 4.79 Å². The number of nitrogens with zero attached hydrogens (tertiary/aromatic N) is 2. The summed E-state index contributed by atoms with van der Waals surface area (Å²) < 4.78 is 0. The van der Waals surface area contributed by atoms with E-state index in [0.717, 1.165) is 11.3 Å². The number of carbonyl (C=O) groups is 1. The van der Waals surface area contributed by atoms with Crippen LogP contribution in [0.4, 0.5) is 11.4 Å². The van der Waals surface area contributed by atoms with Gasteiger partial charge in [0, 0.05) is 37.3 Å². The average Bonchev–Trinajstić information content (AvgIpc) is 2.88. The third kappa shape index (κ3) is 3.45. The van der Waals surface area contributed by atoms with Crippen LogP contribution in [0.3, 0.4) is 0 Å². The second kappa shape index (κ2) is 6.91. The lowest BCUT2D eigenvalue weighted by Crippen LogP contribution is -2.36. The number of likely N-dealkylation sites (tertiary alicyclic amines) is 1. The van der Waals surface area contributed by atoms with Crippen LogP contribution in [0.2, 0.25) is 10.0 Å². The van der Waals surface area contributed by atoms with Crippen molar-refractivity contribution in [2.45, 2.75) is 19.0 Å². The number of nitrogens with two attached hydrogens (primary N) is 1. The molecule has 4 nitrogen and oxygen atoms in total. The Hall–Kier alpha value is -1.91. The molecule has 1 heterocycles. The van der Waals surface area contributed by atoms with Crippen molar-refractivity contribution < 1.29 is 4.79 Å². The van der Waals surface area contributed by atoms with E-state index in [4.69, 9.17) is 28.9 Å². The quantitative estimate of drug-likeness (QED) is 0.840. The van der Waals surface area contributed by atoms with Gasteiger partial charge in [0.2, 0.25) is 5.91 Å². The Kier molecular flexibility index (Phi) is 4.88. The fourth-order valence-corrected chi connectivity index (χ4v) is 3.35. The second-order valence-corrected chi connectivity index (χ2v) is 6.87. The molecule has 0 aliphatic carbocycles. The molecule has 0 radical (unpaired) electrons. The van der Waals surface area contributed by atoms with Gasteiger partial charge in [-0.05, 0) is 29.8 Å². The highest BCUT2D eigenvalue weighted by molar-refractivity contribution is 6.33. The summed E-state index contributed by atoms with van der Waals surface area (Å²) in [7, 11) is 1.83. The fraction of sp³-hybridized carbons (Fsp3) is 0.278. The van der Waals surface area contributed by atoms with Crippen LogP contribution in [0, 0.1) is 0 Å². The minimum atomic E-state index is 0.0680. The molecule has 0 saturated carbocycles. The van der Waals surface area contributed by atoms with Gasteiger partial charge in [0.25, 0.3) is 0 Å². The monoisotopic (exact) mass is 363 g/mol. The average molecular weight is 364 g/mol. The molecule has 0 bridgehead atoms. The van der Waals surface area contributed by atoms with E-state index in [-0.39, 0.29) is 11.9 Å². The Labute approximate surface area is 151 Å². The summed E-state index contributed by atoms with van der Waals surface area (Å²) in [5.74, 6) is 0.144. The Morgan fingerprint density at radius 2 is 1.96 bits per heavy atom. The van der Waals surface area contributed by atoms with E-state index in [1.165, 1.54) is 0 Å². The zero-order valence-corrected chi connectivity index (χ0v) is 14.9. The summed E-state index contributed by atoms with van der Waals surface area (Å²) >= 11 is 12.5. The molecular weight excluding hydrogens is 345 g/mol. The summed E-state index contributed by atoms with van der Waals surface area (Å²) in [5, 5.41) is 1.22. The Morgan fingerprint density at radius 3 is 2.58 bits per heavy atom. The molecule has 24 heavy (non-hydrogen) atoms. The Bertz CT molecular complexity index is 766. The summed E-state index contributed by atoms with van der Waals surface area (Å²) in [4.78, 5) is 15.9. The van der Waals surface area contributed by atoms with Crippen LogP contribution < -0.4 is 10.6 Å². The number of likely N-dealkylation sites (N-methyl/N-ethyl adjacent to an activating group) is 1. The van der Waals surface area contributed by atoms with Gasteiger partial charge in [-0.25, -0.2) is 0 Å². The normalized spacial score (nSPS) is 17.4. The third-order valence-electron chi connectivity index (χ3n) is 4.38. The lowest BCUT2D eigenvalue weighted by molar-refractivity contribution is -0.126. The predicted molar refractivity (Wildman–Crippen MR) is 99.5 cm³/mol. The second-order valence-electron chi connectivity index (χ2n) is 6.06. The van der Waals surface area contributed by atoms with E-state index in [1.807, 2.05) is 43.4 Å². The number of amides is 1. The van der Waals surface area contributed by atoms with Crippen molar-refractivity contribution in [3.63, 3.8) is 0 Å². The van der Waals surface area contributed by atoms with E-state index >= 15 is 0 Å². The number of nitrogen functional groups attached to an aromatic ring is 1. The van der Waals surface area contributed by atoms with Gasteiger partial charge in [-0.2, -0.15) is 0 Å². The van der Waals surface area contributed by atoms with Crippen LogP contribution in [-0.2, 0) is 11.3 Å². The van der Waals surface area contributed by atoms with Crippen molar-refractivity contribution in [1.29, 1.82) is 0 Å². The summed E-state index contributed by atoms with van der Waals surface area (Å²) in [6.45, 7) is 1.27. The maximum atomic E-state index is 12.0. The molecule has 3 rings (SSSR count). The van der Waals surface area contributed by atoms with Crippen molar-refractivity contribution in [3.8, 4) is 0 Å². The van der Waals surface area contributed by atoms with Crippen LogP contribution in [0.15, 0.2) is 42.5 Å². The van der Waals surface area contributed by atoms with E-state index < -0.39 is 0 Å². The van der Waals surface area contributed by atoms with Gasteiger partial charge in [-0.15, -0.1) is 0 Å². The first-order chi connectivity index (χ1) is 11.5. The molecule has 1 aliphatic rings. The number of carbonyl (C=O) groups excluding carboxylic acids is 1. The Balaban J connectivity index is 1.96. The first kappa shape index (κ1) is 16.9. The number of hydrogen-bond acceptors (Lipinski definition) is 3. The maximum absolute atomic E-state index is 12.0. The molecule has 2 aromatic carbocycles. The number of hydrogen-bond donors (Lipinski definition) is 1. The SMILES string of the molecule is CN1C[C@@H](N(Cc2ccccc2Cl)c2ccc(N)c(Cl)c2)CC1=O. The predicted octanol–water partition coefficient (Wildman–Crippen LogP) is 3.81. The van der Waals surface area contributed by atoms with Crippen molar-refractivity contribution in [2.75, 3.05) is 24.2 Å². The molecular formula is C18H19Cl2N3O. The van der Waals surface area contributed by atoms with Crippen molar-refractivity contribution in [3.05, 3.63) is 58.1 Å². The van der Waals surface area contributed by atoms with Crippen LogP contribution >= 0.6 is 23.2 Å². The van der Waals surface area contributed by atoms with Crippen molar-refractivity contribution in [2.24, 2.45) is 0 Å². The van der Waals surface area contributed by atoms with Gasteiger partial charge < -0.3 is 15.5 Å². The summed E-state index contributed by atoms with van der Waals surface area (Å²) in [6, 6.07) is 13.4. The molecule has 1 saturated heterocycles. The van der Waals surface area contributed by atoms with Crippen LogP contribution in [-0.4, -0.2) is 30.4 Å². The van der Waals surface area contributed by atoms with Gasteiger partial charge in [0.1, 0.15) is 0 Å². The number of halogens is 2. The molecule has 1 aliphatic heterocycles. The lowest BCUT2D eigenvalue weighted by Gasteiger charge is -2.31. The highest BCUT2D eigenvalue weighted by atomic mass is 35.5.